The van der Waals surface area contributed by atoms with Gasteiger partial charge < -0.3 is 14.8 Å². The molecule has 1 aliphatic rings. The van der Waals surface area contributed by atoms with E-state index < -0.39 is 5.97 Å². The Kier molecular flexibility index (Phi) is 8.31. The van der Waals surface area contributed by atoms with Crippen LogP contribution in [0.15, 0.2) is 47.8 Å². The van der Waals surface area contributed by atoms with Crippen LogP contribution < -0.4 is 10.1 Å². The van der Waals surface area contributed by atoms with Crippen LogP contribution in [0.4, 0.5) is 5.00 Å². The molecule has 1 heterocycles. The van der Waals surface area contributed by atoms with Gasteiger partial charge in [-0.2, -0.15) is 0 Å². The third-order valence-corrected chi connectivity index (χ3v) is 7.97. The minimum absolute atomic E-state index is 0.0351. The lowest BCUT2D eigenvalue weighted by Crippen LogP contribution is -2.24. The molecule has 0 aliphatic heterocycles. The first-order chi connectivity index (χ1) is 18.0. The minimum atomic E-state index is -0.469. The monoisotopic (exact) mass is 533 g/mol. The van der Waals surface area contributed by atoms with Crippen molar-refractivity contribution in [3.63, 3.8) is 0 Å². The summed E-state index contributed by atoms with van der Waals surface area (Å²) in [6.07, 6.45) is 5.61. The first-order valence-corrected chi connectivity index (χ1v) is 14.2. The van der Waals surface area contributed by atoms with Gasteiger partial charge in [-0.05, 0) is 77.3 Å². The first-order valence-electron chi connectivity index (χ1n) is 13.3. The molecule has 0 fully saturated rings. The first kappa shape index (κ1) is 27.9. The van der Waals surface area contributed by atoms with E-state index in [0.717, 1.165) is 30.4 Å². The van der Waals surface area contributed by atoms with Crippen molar-refractivity contribution in [3.05, 3.63) is 70.1 Å². The highest BCUT2D eigenvalue weighted by Gasteiger charge is 2.27. The molecule has 1 N–H and O–H groups in total. The van der Waals surface area contributed by atoms with E-state index in [-0.39, 0.29) is 23.3 Å². The summed E-state index contributed by atoms with van der Waals surface area (Å²) in [5.74, 6) is -0.167. The molecule has 1 aromatic heterocycles. The normalized spacial score (nSPS) is 13.5. The molecule has 0 unspecified atom stereocenters. The second-order valence-electron chi connectivity index (χ2n) is 12.0. The predicted octanol–water partition coefficient (Wildman–Crippen LogP) is 7.81. The zero-order valence-electron chi connectivity index (χ0n) is 23.4. The summed E-state index contributed by atoms with van der Waals surface area (Å²) in [5, 5.41) is 5.24. The molecule has 4 rings (SSSR count). The van der Waals surface area contributed by atoms with Gasteiger partial charge in [-0.25, -0.2) is 4.79 Å². The number of thiophene rings is 1. The maximum absolute atomic E-state index is 12.8. The number of ether oxygens (including phenoxy) is 2. The minimum Gasteiger partial charge on any atom is -0.484 e. The number of anilines is 1. The fourth-order valence-electron chi connectivity index (χ4n) is 5.61. The Labute approximate surface area is 230 Å². The molecule has 1 amide bonds. The van der Waals surface area contributed by atoms with E-state index in [2.05, 4.69) is 70.3 Å². The number of carbonyl (C=O) groups is 2. The molecule has 0 saturated carbocycles. The topological polar surface area (TPSA) is 64.6 Å². The number of esters is 1. The molecule has 1 aliphatic carbocycles. The lowest BCUT2D eigenvalue weighted by molar-refractivity contribution is -0.118. The Bertz CT molecular complexity index is 1300. The number of nitrogens with one attached hydrogen (secondary N) is 1. The molecular weight excluding hydrogens is 494 g/mol. The smallest absolute Gasteiger partial charge is 0.341 e. The molecule has 0 atom stereocenters. The van der Waals surface area contributed by atoms with Gasteiger partial charge in [0.25, 0.3) is 5.91 Å². The highest BCUT2D eigenvalue weighted by atomic mass is 32.1. The number of carbonyl (C=O) groups excluding carboxylic acids is 2. The number of hydrogen-bond donors (Lipinski definition) is 1. The summed E-state index contributed by atoms with van der Waals surface area (Å²) >= 11 is 1.32. The molecule has 0 radical (unpaired) electrons. The third kappa shape index (κ3) is 6.65. The van der Waals surface area contributed by atoms with Crippen LogP contribution in [0.1, 0.15) is 80.9 Å². The van der Waals surface area contributed by atoms with Gasteiger partial charge in [0, 0.05) is 10.9 Å². The van der Waals surface area contributed by atoms with Gasteiger partial charge in [0.2, 0.25) is 0 Å². The molecule has 202 valence electrons. The molecule has 3 aromatic rings. The molecule has 0 spiro atoms. The largest absolute Gasteiger partial charge is 0.484 e. The van der Waals surface area contributed by atoms with E-state index >= 15 is 0 Å². The Balaban J connectivity index is 1.44. The van der Waals surface area contributed by atoms with E-state index in [1.807, 2.05) is 17.5 Å². The molecule has 6 heteroatoms. The van der Waals surface area contributed by atoms with E-state index in [0.29, 0.717) is 16.3 Å². The lowest BCUT2D eigenvalue weighted by Gasteiger charge is -2.33. The third-order valence-electron chi connectivity index (χ3n) is 7.07. The summed E-state index contributed by atoms with van der Waals surface area (Å²) in [6.45, 7) is 11.1. The van der Waals surface area contributed by atoms with Gasteiger partial charge in [0.05, 0.1) is 7.11 Å². The van der Waals surface area contributed by atoms with E-state index in [9.17, 15) is 9.59 Å². The fourth-order valence-corrected chi connectivity index (χ4v) is 6.58. The highest BCUT2D eigenvalue weighted by molar-refractivity contribution is 7.15. The van der Waals surface area contributed by atoms with Crippen LogP contribution in [0.3, 0.4) is 0 Å². The molecule has 38 heavy (non-hydrogen) atoms. The average molecular weight is 534 g/mol. The van der Waals surface area contributed by atoms with Crippen molar-refractivity contribution in [2.75, 3.05) is 19.0 Å². The van der Waals surface area contributed by atoms with Crippen LogP contribution >= 0.6 is 11.3 Å². The number of aryl methyl sites for hydroxylation is 2. The maximum atomic E-state index is 12.8. The number of amides is 1. The van der Waals surface area contributed by atoms with Crippen molar-refractivity contribution in [3.8, 4) is 16.9 Å². The SMILES string of the molecule is COC(=O)c1c(-c2ccc3c(c2)CCCC3)csc1NC(=O)COc1ccc(C(C)(C)CC(C)(C)C)cc1. The van der Waals surface area contributed by atoms with Gasteiger partial charge in [-0.3, -0.25) is 4.79 Å². The Morgan fingerprint density at radius 1 is 0.947 bits per heavy atom. The average Bonchev–Trinajstić information content (AvgIpc) is 3.29. The van der Waals surface area contributed by atoms with Crippen LogP contribution in [0, 0.1) is 5.41 Å². The van der Waals surface area contributed by atoms with Gasteiger partial charge in [-0.1, -0.05) is 65.0 Å². The summed E-state index contributed by atoms with van der Waals surface area (Å²) in [4.78, 5) is 25.5. The van der Waals surface area contributed by atoms with Crippen LogP contribution in [0.25, 0.3) is 11.1 Å². The molecule has 0 bridgehead atoms. The van der Waals surface area contributed by atoms with Crippen LogP contribution in [-0.2, 0) is 27.8 Å². The molecule has 0 saturated heterocycles. The van der Waals surface area contributed by atoms with Gasteiger partial charge in [-0.15, -0.1) is 11.3 Å². The second kappa shape index (κ2) is 11.3. The highest BCUT2D eigenvalue weighted by Crippen LogP contribution is 2.38. The Morgan fingerprint density at radius 2 is 1.63 bits per heavy atom. The van der Waals surface area contributed by atoms with Gasteiger partial charge in [0.1, 0.15) is 16.3 Å². The number of methoxy groups -OCH3 is 1. The van der Waals surface area contributed by atoms with E-state index in [4.69, 9.17) is 9.47 Å². The van der Waals surface area contributed by atoms with Crippen molar-refractivity contribution in [2.24, 2.45) is 5.41 Å². The summed E-state index contributed by atoms with van der Waals surface area (Å²) in [5.41, 5.74) is 6.34. The Hall–Kier alpha value is -3.12. The molecular formula is C32H39NO4S. The van der Waals surface area contributed by atoms with Crippen LogP contribution in [0.5, 0.6) is 5.75 Å². The van der Waals surface area contributed by atoms with E-state index in [1.165, 1.54) is 48.0 Å². The number of fused-ring (bicyclic) bond motifs is 1. The van der Waals surface area contributed by atoms with Gasteiger partial charge in [0.15, 0.2) is 6.61 Å². The van der Waals surface area contributed by atoms with Crippen LogP contribution in [0.2, 0.25) is 0 Å². The van der Waals surface area contributed by atoms with Crippen molar-refractivity contribution in [1.82, 2.24) is 0 Å². The molecule has 5 nitrogen and oxygen atoms in total. The van der Waals surface area contributed by atoms with Crippen LogP contribution in [-0.4, -0.2) is 25.6 Å². The fraction of sp³-hybridized carbons (Fsp3) is 0.438. The zero-order valence-corrected chi connectivity index (χ0v) is 24.2. The summed E-state index contributed by atoms with van der Waals surface area (Å²) < 4.78 is 10.8. The number of benzene rings is 2. The lowest BCUT2D eigenvalue weighted by atomic mass is 9.72. The van der Waals surface area contributed by atoms with Crippen molar-refractivity contribution in [2.45, 2.75) is 72.1 Å². The van der Waals surface area contributed by atoms with Crippen molar-refractivity contribution in [1.29, 1.82) is 0 Å². The quantitative estimate of drug-likeness (QED) is 0.300. The predicted molar refractivity (Wildman–Crippen MR) is 155 cm³/mol. The Morgan fingerprint density at radius 3 is 2.29 bits per heavy atom. The maximum Gasteiger partial charge on any atom is 0.341 e. The van der Waals surface area contributed by atoms with Crippen molar-refractivity contribution >= 4 is 28.2 Å². The molecule has 2 aromatic carbocycles. The van der Waals surface area contributed by atoms with Crippen molar-refractivity contribution < 1.29 is 19.1 Å². The number of hydrogen-bond acceptors (Lipinski definition) is 5. The second-order valence-corrected chi connectivity index (χ2v) is 12.9. The summed E-state index contributed by atoms with van der Waals surface area (Å²) in [7, 11) is 1.36. The van der Waals surface area contributed by atoms with Gasteiger partial charge >= 0.3 is 5.97 Å². The standard InChI is InChI=1S/C32H39NO4S/c1-31(2,3)20-32(4,5)24-13-15-25(16-14-24)37-18-27(34)33-29-28(30(35)36-6)26(19-38-29)23-12-11-21-9-7-8-10-22(21)17-23/h11-17,19H,7-10,18,20H2,1-6H3,(H,33,34). The zero-order chi connectivity index (χ0) is 27.5. The number of rotatable bonds is 8. The van der Waals surface area contributed by atoms with E-state index in [1.54, 1.807) is 0 Å². The summed E-state index contributed by atoms with van der Waals surface area (Å²) in [6, 6.07) is 14.3.